The third-order valence-corrected chi connectivity index (χ3v) is 5.73. The van der Waals surface area contributed by atoms with Crippen LogP contribution in [0.4, 0.5) is 5.69 Å². The lowest BCUT2D eigenvalue weighted by atomic mass is 10.1. The van der Waals surface area contributed by atoms with Gasteiger partial charge in [-0.25, -0.2) is 0 Å². The summed E-state index contributed by atoms with van der Waals surface area (Å²) in [7, 11) is 0. The minimum atomic E-state index is -0.778. The number of carbonyl (C=O) groups excluding carboxylic acids is 3. The van der Waals surface area contributed by atoms with Crippen LogP contribution in [0.15, 0.2) is 48.5 Å². The number of carbonyl (C=O) groups is 3. The van der Waals surface area contributed by atoms with Crippen LogP contribution in [0, 0.1) is 6.92 Å². The molecule has 1 saturated heterocycles. The van der Waals surface area contributed by atoms with Crippen LogP contribution in [0.5, 0.6) is 0 Å². The van der Waals surface area contributed by atoms with Gasteiger partial charge in [-0.2, -0.15) is 0 Å². The zero-order chi connectivity index (χ0) is 22.2. The van der Waals surface area contributed by atoms with Gasteiger partial charge >= 0.3 is 11.8 Å². The summed E-state index contributed by atoms with van der Waals surface area (Å²) in [6, 6.07) is 14.7. The smallest absolute Gasteiger partial charge is 0.313 e. The summed E-state index contributed by atoms with van der Waals surface area (Å²) in [6.45, 7) is 6.85. The summed E-state index contributed by atoms with van der Waals surface area (Å²) in [5.41, 5.74) is 2.72. The van der Waals surface area contributed by atoms with E-state index in [1.165, 1.54) is 0 Å². The fourth-order valence-corrected chi connectivity index (χ4v) is 3.88. The minimum absolute atomic E-state index is 0.265. The van der Waals surface area contributed by atoms with Crippen LogP contribution in [0.2, 0.25) is 0 Å². The van der Waals surface area contributed by atoms with Crippen LogP contribution >= 0.6 is 0 Å². The van der Waals surface area contributed by atoms with Crippen molar-refractivity contribution in [3.63, 3.8) is 0 Å². The number of anilines is 1. The molecule has 1 aliphatic heterocycles. The van der Waals surface area contributed by atoms with Crippen molar-refractivity contribution in [2.75, 3.05) is 25.0 Å². The average Bonchev–Trinajstić information content (AvgIpc) is 3.24. The van der Waals surface area contributed by atoms with Gasteiger partial charge in [-0.3, -0.25) is 19.3 Å². The molecule has 1 heterocycles. The number of rotatable bonds is 7. The molecular weight excluding hydrogens is 392 g/mol. The summed E-state index contributed by atoms with van der Waals surface area (Å²) in [4.78, 5) is 39.7. The molecule has 7 nitrogen and oxygen atoms in total. The summed E-state index contributed by atoms with van der Waals surface area (Å²) in [6.07, 6.45) is 2.12. The summed E-state index contributed by atoms with van der Waals surface area (Å²) in [5, 5.41) is 8.17. The molecular formula is C24H30N4O3. The molecule has 1 aliphatic rings. The van der Waals surface area contributed by atoms with Crippen LogP contribution in [-0.4, -0.2) is 48.3 Å². The topological polar surface area (TPSA) is 90.5 Å². The lowest BCUT2D eigenvalue weighted by molar-refractivity contribution is -0.136. The number of benzene rings is 2. The molecule has 3 N–H and O–H groups in total. The highest BCUT2D eigenvalue weighted by atomic mass is 16.2. The number of nitrogens with one attached hydrogen (secondary N) is 3. The van der Waals surface area contributed by atoms with Gasteiger partial charge in [0.25, 0.3) is 5.91 Å². The van der Waals surface area contributed by atoms with E-state index in [1.54, 1.807) is 24.3 Å². The van der Waals surface area contributed by atoms with Gasteiger partial charge in [0.05, 0.1) is 11.3 Å². The number of likely N-dealkylation sites (tertiary alicyclic amines) is 1. The van der Waals surface area contributed by atoms with Crippen LogP contribution < -0.4 is 16.0 Å². The molecule has 3 rings (SSSR count). The first-order valence-electron chi connectivity index (χ1n) is 10.7. The van der Waals surface area contributed by atoms with Crippen LogP contribution in [0.1, 0.15) is 41.3 Å². The van der Waals surface area contributed by atoms with Crippen molar-refractivity contribution in [2.24, 2.45) is 0 Å². The molecule has 0 unspecified atom stereocenters. The fourth-order valence-electron chi connectivity index (χ4n) is 3.88. The molecule has 0 radical (unpaired) electrons. The molecule has 31 heavy (non-hydrogen) atoms. The summed E-state index contributed by atoms with van der Waals surface area (Å²) >= 11 is 0. The first-order valence-corrected chi connectivity index (χ1v) is 10.7. The first-order chi connectivity index (χ1) is 15.0. The van der Waals surface area contributed by atoms with Gasteiger partial charge in [0.15, 0.2) is 0 Å². The Hall–Kier alpha value is -3.19. The van der Waals surface area contributed by atoms with Crippen molar-refractivity contribution in [2.45, 2.75) is 39.3 Å². The van der Waals surface area contributed by atoms with E-state index in [2.05, 4.69) is 27.8 Å². The van der Waals surface area contributed by atoms with Crippen LogP contribution in [0.3, 0.4) is 0 Å². The number of likely N-dealkylation sites (N-methyl/N-ethyl adjacent to an activating group) is 1. The molecule has 7 heteroatoms. The molecule has 1 atom stereocenters. The van der Waals surface area contributed by atoms with Gasteiger partial charge < -0.3 is 16.0 Å². The van der Waals surface area contributed by atoms with Crippen molar-refractivity contribution in [1.82, 2.24) is 15.5 Å². The number of nitrogens with zero attached hydrogens (tertiary/aromatic N) is 1. The monoisotopic (exact) mass is 422 g/mol. The van der Waals surface area contributed by atoms with E-state index < -0.39 is 11.8 Å². The Labute approximate surface area is 183 Å². The van der Waals surface area contributed by atoms with E-state index in [-0.39, 0.29) is 11.9 Å². The van der Waals surface area contributed by atoms with E-state index in [0.717, 1.165) is 37.1 Å². The number of para-hydroxylation sites is 1. The molecule has 3 amide bonds. The van der Waals surface area contributed by atoms with Crippen molar-refractivity contribution >= 4 is 23.4 Å². The molecule has 0 saturated carbocycles. The summed E-state index contributed by atoms with van der Waals surface area (Å²) in [5.74, 6) is -1.79. The Kier molecular flexibility index (Phi) is 7.78. The zero-order valence-corrected chi connectivity index (χ0v) is 18.1. The second-order valence-electron chi connectivity index (χ2n) is 7.74. The third kappa shape index (κ3) is 5.92. The van der Waals surface area contributed by atoms with Gasteiger partial charge in [0, 0.05) is 19.1 Å². The predicted molar refractivity (Wildman–Crippen MR) is 121 cm³/mol. The molecule has 0 aliphatic carbocycles. The zero-order valence-electron chi connectivity index (χ0n) is 18.1. The summed E-state index contributed by atoms with van der Waals surface area (Å²) < 4.78 is 0. The van der Waals surface area contributed by atoms with E-state index >= 15 is 0 Å². The first kappa shape index (κ1) is 22.5. The van der Waals surface area contributed by atoms with Gasteiger partial charge in [-0.15, -0.1) is 0 Å². The molecule has 2 aromatic carbocycles. The van der Waals surface area contributed by atoms with Gasteiger partial charge in [0.1, 0.15) is 0 Å². The van der Waals surface area contributed by atoms with Crippen molar-refractivity contribution < 1.29 is 14.4 Å². The maximum atomic E-state index is 12.7. The van der Waals surface area contributed by atoms with Gasteiger partial charge in [0.2, 0.25) is 0 Å². The maximum Gasteiger partial charge on any atom is 0.313 e. The standard InChI is InChI=1S/C24H30N4O3/c1-3-28-14-8-11-19(28)16-26-23(30)24(31)27-21-13-7-6-12-20(21)22(29)25-15-18-10-5-4-9-17(18)2/h4-7,9-10,12-13,19H,3,8,11,14-16H2,1-2H3,(H,25,29)(H,26,30)(H,27,31)/t19-/m0/s1. The van der Waals surface area contributed by atoms with E-state index in [9.17, 15) is 14.4 Å². The van der Waals surface area contributed by atoms with Crippen LogP contribution in [-0.2, 0) is 16.1 Å². The fraction of sp³-hybridized carbons (Fsp3) is 0.375. The van der Waals surface area contributed by atoms with E-state index in [0.29, 0.717) is 24.3 Å². The number of hydrogen-bond acceptors (Lipinski definition) is 4. The van der Waals surface area contributed by atoms with Crippen LogP contribution in [0.25, 0.3) is 0 Å². The van der Waals surface area contributed by atoms with Crippen molar-refractivity contribution in [3.05, 3.63) is 65.2 Å². The normalized spacial score (nSPS) is 16.0. The SMILES string of the molecule is CCN1CCC[C@H]1CNC(=O)C(=O)Nc1ccccc1C(=O)NCc1ccccc1C. The largest absolute Gasteiger partial charge is 0.348 e. The highest BCUT2D eigenvalue weighted by molar-refractivity contribution is 6.40. The van der Waals surface area contributed by atoms with E-state index in [1.807, 2.05) is 31.2 Å². The second-order valence-corrected chi connectivity index (χ2v) is 7.74. The average molecular weight is 423 g/mol. The molecule has 1 fully saturated rings. The molecule has 2 aromatic rings. The minimum Gasteiger partial charge on any atom is -0.348 e. The highest BCUT2D eigenvalue weighted by Crippen LogP contribution is 2.17. The lowest BCUT2D eigenvalue weighted by Gasteiger charge is -2.22. The van der Waals surface area contributed by atoms with Gasteiger partial charge in [-0.1, -0.05) is 43.3 Å². The Bertz CT molecular complexity index is 944. The van der Waals surface area contributed by atoms with Gasteiger partial charge in [-0.05, 0) is 56.1 Å². The molecule has 0 aromatic heterocycles. The lowest BCUT2D eigenvalue weighted by Crippen LogP contribution is -2.43. The molecule has 0 bridgehead atoms. The molecule has 164 valence electrons. The predicted octanol–water partition coefficient (Wildman–Crippen LogP) is 2.46. The Morgan fingerprint density at radius 2 is 1.74 bits per heavy atom. The molecule has 0 spiro atoms. The van der Waals surface area contributed by atoms with E-state index in [4.69, 9.17) is 0 Å². The Morgan fingerprint density at radius 1 is 1.00 bits per heavy atom. The van der Waals surface area contributed by atoms with Crippen molar-refractivity contribution in [1.29, 1.82) is 0 Å². The number of aryl methyl sites for hydroxylation is 1. The number of amides is 3. The highest BCUT2D eigenvalue weighted by Gasteiger charge is 2.25. The van der Waals surface area contributed by atoms with Crippen molar-refractivity contribution in [3.8, 4) is 0 Å². The number of hydrogen-bond donors (Lipinski definition) is 3. The Balaban J connectivity index is 1.57. The quantitative estimate of drug-likeness (QED) is 0.598. The maximum absolute atomic E-state index is 12.7. The third-order valence-electron chi connectivity index (χ3n) is 5.73. The second kappa shape index (κ2) is 10.7. The Morgan fingerprint density at radius 3 is 2.52 bits per heavy atom.